The molecule has 5 heteroatoms. The molecule has 3 N–H and O–H groups in total. The molecule has 1 unspecified atom stereocenters. The largest absolute Gasteiger partial charge is 0.366 e. The smallest absolute Gasteiger partial charge is 0.248 e. The molecule has 2 aromatic carbocycles. The van der Waals surface area contributed by atoms with Crippen molar-refractivity contribution in [2.24, 2.45) is 5.73 Å². The van der Waals surface area contributed by atoms with Gasteiger partial charge in [-0.3, -0.25) is 14.5 Å². The standard InChI is InChI=1S/C17H17N3O2/c18-16(22)13-7-4-8-14(9-13)17-19-15(21)11-20(17)10-12-5-2-1-3-6-12/h1-9,17H,10-11H2,(H2,18,22)(H,19,21). The number of nitrogens with zero attached hydrogens (tertiary/aromatic N) is 1. The Balaban J connectivity index is 1.86. The van der Waals surface area contributed by atoms with Crippen molar-refractivity contribution in [3.63, 3.8) is 0 Å². The van der Waals surface area contributed by atoms with Crippen molar-refractivity contribution in [3.05, 3.63) is 71.3 Å². The summed E-state index contributed by atoms with van der Waals surface area (Å²) >= 11 is 0. The van der Waals surface area contributed by atoms with E-state index in [2.05, 4.69) is 5.32 Å². The highest BCUT2D eigenvalue weighted by molar-refractivity contribution is 5.93. The Labute approximate surface area is 128 Å². The van der Waals surface area contributed by atoms with Crippen LogP contribution in [0.5, 0.6) is 0 Å². The van der Waals surface area contributed by atoms with Crippen molar-refractivity contribution in [2.45, 2.75) is 12.7 Å². The van der Waals surface area contributed by atoms with Gasteiger partial charge in [0.05, 0.1) is 6.54 Å². The number of carbonyl (C=O) groups excluding carboxylic acids is 2. The molecule has 0 aromatic heterocycles. The van der Waals surface area contributed by atoms with Crippen LogP contribution in [-0.2, 0) is 11.3 Å². The molecular weight excluding hydrogens is 278 g/mol. The summed E-state index contributed by atoms with van der Waals surface area (Å²) < 4.78 is 0. The van der Waals surface area contributed by atoms with Crippen molar-refractivity contribution < 1.29 is 9.59 Å². The van der Waals surface area contributed by atoms with Crippen LogP contribution in [0.3, 0.4) is 0 Å². The van der Waals surface area contributed by atoms with Crippen molar-refractivity contribution >= 4 is 11.8 Å². The fraction of sp³-hybridized carbons (Fsp3) is 0.176. The molecule has 1 atom stereocenters. The van der Waals surface area contributed by atoms with Crippen molar-refractivity contribution in [1.29, 1.82) is 0 Å². The summed E-state index contributed by atoms with van der Waals surface area (Å²) in [5.74, 6) is -0.494. The Morgan fingerprint density at radius 3 is 2.68 bits per heavy atom. The zero-order valence-corrected chi connectivity index (χ0v) is 12.0. The van der Waals surface area contributed by atoms with E-state index < -0.39 is 5.91 Å². The number of nitrogens with two attached hydrogens (primary N) is 1. The van der Waals surface area contributed by atoms with Crippen molar-refractivity contribution in [2.75, 3.05) is 6.54 Å². The van der Waals surface area contributed by atoms with Gasteiger partial charge in [0.2, 0.25) is 11.8 Å². The van der Waals surface area contributed by atoms with Crippen LogP contribution in [0.15, 0.2) is 54.6 Å². The molecule has 0 saturated carbocycles. The van der Waals surface area contributed by atoms with E-state index in [1.807, 2.05) is 41.3 Å². The topological polar surface area (TPSA) is 75.4 Å². The van der Waals surface area contributed by atoms with Gasteiger partial charge >= 0.3 is 0 Å². The minimum absolute atomic E-state index is 0.0228. The second-order valence-corrected chi connectivity index (χ2v) is 5.35. The number of hydrogen-bond donors (Lipinski definition) is 2. The number of rotatable bonds is 4. The fourth-order valence-corrected chi connectivity index (χ4v) is 2.69. The molecule has 112 valence electrons. The van der Waals surface area contributed by atoms with Crippen LogP contribution in [0.4, 0.5) is 0 Å². The zero-order chi connectivity index (χ0) is 15.5. The maximum atomic E-state index is 11.8. The Morgan fingerprint density at radius 2 is 1.95 bits per heavy atom. The Morgan fingerprint density at radius 1 is 1.18 bits per heavy atom. The maximum Gasteiger partial charge on any atom is 0.248 e. The molecule has 2 amide bonds. The summed E-state index contributed by atoms with van der Waals surface area (Å²) in [5.41, 5.74) is 7.76. The first-order chi connectivity index (χ1) is 10.6. The summed E-state index contributed by atoms with van der Waals surface area (Å²) in [4.78, 5) is 25.2. The summed E-state index contributed by atoms with van der Waals surface area (Å²) in [6.07, 6.45) is -0.244. The van der Waals surface area contributed by atoms with Crippen LogP contribution in [-0.4, -0.2) is 23.3 Å². The second kappa shape index (κ2) is 5.99. The molecule has 2 aromatic rings. The van der Waals surface area contributed by atoms with Crippen LogP contribution in [0.2, 0.25) is 0 Å². The van der Waals surface area contributed by atoms with E-state index >= 15 is 0 Å². The van der Waals surface area contributed by atoms with E-state index in [0.717, 1.165) is 11.1 Å². The number of amides is 2. The van der Waals surface area contributed by atoms with Gasteiger partial charge in [0.25, 0.3) is 0 Å². The second-order valence-electron chi connectivity index (χ2n) is 5.35. The molecular formula is C17H17N3O2. The lowest BCUT2D eigenvalue weighted by atomic mass is 10.1. The third-order valence-corrected chi connectivity index (χ3v) is 3.72. The Kier molecular flexibility index (Phi) is 3.89. The number of primary amides is 1. The normalized spacial score (nSPS) is 18.2. The van der Waals surface area contributed by atoms with Crippen LogP contribution in [0, 0.1) is 0 Å². The third-order valence-electron chi connectivity index (χ3n) is 3.72. The number of hydrogen-bond acceptors (Lipinski definition) is 3. The lowest BCUT2D eigenvalue weighted by Gasteiger charge is -2.23. The first-order valence-corrected chi connectivity index (χ1v) is 7.10. The highest BCUT2D eigenvalue weighted by Gasteiger charge is 2.31. The third kappa shape index (κ3) is 2.99. The van der Waals surface area contributed by atoms with Crippen molar-refractivity contribution in [3.8, 4) is 0 Å². The monoisotopic (exact) mass is 295 g/mol. The summed E-state index contributed by atoms with van der Waals surface area (Å²) in [7, 11) is 0. The number of nitrogens with one attached hydrogen (secondary N) is 1. The molecule has 1 heterocycles. The SMILES string of the molecule is NC(=O)c1cccc(C2NC(=O)CN2Cc2ccccc2)c1. The van der Waals surface area contributed by atoms with Crippen LogP contribution in [0.25, 0.3) is 0 Å². The Bertz CT molecular complexity index is 700. The highest BCUT2D eigenvalue weighted by Crippen LogP contribution is 2.24. The molecule has 1 aliphatic heterocycles. The molecule has 22 heavy (non-hydrogen) atoms. The van der Waals surface area contributed by atoms with Crippen LogP contribution < -0.4 is 11.1 Å². The van der Waals surface area contributed by atoms with E-state index in [-0.39, 0.29) is 12.1 Å². The molecule has 0 radical (unpaired) electrons. The van der Waals surface area contributed by atoms with Gasteiger partial charge in [0, 0.05) is 12.1 Å². The molecule has 1 fully saturated rings. The van der Waals surface area contributed by atoms with Gasteiger partial charge in [-0.05, 0) is 23.3 Å². The lowest BCUT2D eigenvalue weighted by Crippen LogP contribution is -2.27. The molecule has 3 rings (SSSR count). The van der Waals surface area contributed by atoms with Crippen molar-refractivity contribution in [1.82, 2.24) is 10.2 Å². The summed E-state index contributed by atoms with van der Waals surface area (Å²) in [5, 5.41) is 2.94. The molecule has 1 aliphatic rings. The molecule has 0 aliphatic carbocycles. The van der Waals surface area contributed by atoms with Gasteiger partial charge in [-0.15, -0.1) is 0 Å². The predicted molar refractivity (Wildman–Crippen MR) is 82.7 cm³/mol. The minimum Gasteiger partial charge on any atom is -0.366 e. The fourth-order valence-electron chi connectivity index (χ4n) is 2.69. The van der Waals surface area contributed by atoms with Gasteiger partial charge in [-0.25, -0.2) is 0 Å². The molecule has 0 bridgehead atoms. The molecule has 5 nitrogen and oxygen atoms in total. The minimum atomic E-state index is -0.471. The molecule has 1 saturated heterocycles. The summed E-state index contributed by atoms with van der Waals surface area (Å²) in [6, 6.07) is 17.0. The van der Waals surface area contributed by atoms with Gasteiger partial charge in [-0.2, -0.15) is 0 Å². The van der Waals surface area contributed by atoms with Crippen LogP contribution >= 0.6 is 0 Å². The van der Waals surface area contributed by atoms with E-state index in [0.29, 0.717) is 18.7 Å². The van der Waals surface area contributed by atoms with E-state index in [4.69, 9.17) is 5.73 Å². The predicted octanol–water partition coefficient (Wildman–Crippen LogP) is 1.42. The molecule has 0 spiro atoms. The van der Waals surface area contributed by atoms with Gasteiger partial charge < -0.3 is 11.1 Å². The first kappa shape index (κ1) is 14.3. The Hall–Kier alpha value is -2.66. The highest BCUT2D eigenvalue weighted by atomic mass is 16.2. The van der Waals surface area contributed by atoms with E-state index in [1.165, 1.54) is 0 Å². The lowest BCUT2D eigenvalue weighted by molar-refractivity contribution is -0.118. The van der Waals surface area contributed by atoms with E-state index in [1.54, 1.807) is 18.2 Å². The maximum absolute atomic E-state index is 11.8. The quantitative estimate of drug-likeness (QED) is 0.895. The average Bonchev–Trinajstić information content (AvgIpc) is 2.89. The first-order valence-electron chi connectivity index (χ1n) is 7.10. The number of carbonyl (C=O) groups is 2. The number of benzene rings is 2. The van der Waals surface area contributed by atoms with Gasteiger partial charge in [-0.1, -0.05) is 42.5 Å². The van der Waals surface area contributed by atoms with Gasteiger partial charge in [0.15, 0.2) is 0 Å². The zero-order valence-electron chi connectivity index (χ0n) is 12.0. The van der Waals surface area contributed by atoms with Gasteiger partial charge in [0.1, 0.15) is 6.17 Å². The average molecular weight is 295 g/mol. The van der Waals surface area contributed by atoms with E-state index in [9.17, 15) is 9.59 Å². The summed E-state index contributed by atoms with van der Waals surface area (Å²) in [6.45, 7) is 0.991. The van der Waals surface area contributed by atoms with Crippen LogP contribution in [0.1, 0.15) is 27.7 Å².